The monoisotopic (exact) mass is 257 g/mol. The third kappa shape index (κ3) is 2.31. The minimum absolute atomic E-state index is 0.150. The molecule has 0 atom stereocenters. The number of nitrogens with zero attached hydrogens (tertiary/aromatic N) is 2. The molecular formula is C14H15N3O2. The Labute approximate surface area is 111 Å². The Hall–Kier alpha value is -2.30. The van der Waals surface area contributed by atoms with Gasteiger partial charge >= 0.3 is 0 Å². The smallest absolute Gasteiger partial charge is 0.257 e. The Morgan fingerprint density at radius 1 is 1.47 bits per heavy atom. The number of imidazole rings is 1. The third-order valence-corrected chi connectivity index (χ3v) is 3.22. The van der Waals surface area contributed by atoms with E-state index in [0.29, 0.717) is 11.5 Å². The first kappa shape index (κ1) is 11.8. The highest BCUT2D eigenvalue weighted by molar-refractivity contribution is 6.03. The van der Waals surface area contributed by atoms with Crippen LogP contribution in [-0.2, 0) is 13.5 Å². The SMILES string of the molecule is Cn1ccnc1NC(=O)c1ccc2c(c1)CCCO2. The largest absolute Gasteiger partial charge is 0.493 e. The Balaban J connectivity index is 1.82. The molecule has 1 aliphatic heterocycles. The maximum atomic E-state index is 12.1. The van der Waals surface area contributed by atoms with Crippen LogP contribution >= 0.6 is 0 Å². The third-order valence-electron chi connectivity index (χ3n) is 3.22. The summed E-state index contributed by atoms with van der Waals surface area (Å²) in [6.07, 6.45) is 5.39. The molecule has 5 nitrogen and oxygen atoms in total. The van der Waals surface area contributed by atoms with E-state index in [-0.39, 0.29) is 5.91 Å². The molecule has 1 amide bonds. The van der Waals surface area contributed by atoms with Crippen molar-refractivity contribution in [3.05, 3.63) is 41.7 Å². The number of carbonyl (C=O) groups is 1. The number of amides is 1. The molecule has 0 unspecified atom stereocenters. The second kappa shape index (κ2) is 4.76. The summed E-state index contributed by atoms with van der Waals surface area (Å²) in [4.78, 5) is 16.2. The van der Waals surface area contributed by atoms with E-state index in [1.165, 1.54) is 0 Å². The van der Waals surface area contributed by atoms with E-state index in [1.807, 2.05) is 19.2 Å². The Morgan fingerprint density at radius 3 is 3.16 bits per heavy atom. The van der Waals surface area contributed by atoms with Gasteiger partial charge in [0.2, 0.25) is 5.95 Å². The topological polar surface area (TPSA) is 56.2 Å². The van der Waals surface area contributed by atoms with Crippen molar-refractivity contribution in [3.8, 4) is 5.75 Å². The van der Waals surface area contributed by atoms with Gasteiger partial charge in [-0.3, -0.25) is 10.1 Å². The molecule has 0 aliphatic carbocycles. The van der Waals surface area contributed by atoms with Crippen molar-refractivity contribution < 1.29 is 9.53 Å². The average Bonchev–Trinajstić information content (AvgIpc) is 2.84. The zero-order valence-electron chi connectivity index (χ0n) is 10.7. The number of hydrogen-bond acceptors (Lipinski definition) is 3. The normalized spacial score (nSPS) is 13.5. The zero-order chi connectivity index (χ0) is 13.2. The number of anilines is 1. The lowest BCUT2D eigenvalue weighted by atomic mass is 10.0. The molecule has 5 heteroatoms. The van der Waals surface area contributed by atoms with Crippen molar-refractivity contribution in [2.75, 3.05) is 11.9 Å². The summed E-state index contributed by atoms with van der Waals surface area (Å²) in [6.45, 7) is 0.756. The van der Waals surface area contributed by atoms with Gasteiger partial charge in [0.25, 0.3) is 5.91 Å². The van der Waals surface area contributed by atoms with Gasteiger partial charge in [-0.25, -0.2) is 4.98 Å². The van der Waals surface area contributed by atoms with Crippen LogP contribution in [-0.4, -0.2) is 22.1 Å². The fourth-order valence-electron chi connectivity index (χ4n) is 2.16. The van der Waals surface area contributed by atoms with Crippen LogP contribution in [0.5, 0.6) is 5.75 Å². The molecule has 0 saturated carbocycles. The molecule has 0 bridgehead atoms. The van der Waals surface area contributed by atoms with Crippen LogP contribution in [0, 0.1) is 0 Å². The number of rotatable bonds is 2. The van der Waals surface area contributed by atoms with Crippen LogP contribution in [0.2, 0.25) is 0 Å². The lowest BCUT2D eigenvalue weighted by Crippen LogP contribution is -2.16. The van der Waals surface area contributed by atoms with E-state index in [0.717, 1.165) is 30.8 Å². The van der Waals surface area contributed by atoms with Crippen molar-refractivity contribution in [1.82, 2.24) is 9.55 Å². The number of carbonyl (C=O) groups excluding carboxylic acids is 1. The number of fused-ring (bicyclic) bond motifs is 1. The molecule has 1 aromatic carbocycles. The van der Waals surface area contributed by atoms with Crippen LogP contribution < -0.4 is 10.1 Å². The fraction of sp³-hybridized carbons (Fsp3) is 0.286. The first-order valence-corrected chi connectivity index (χ1v) is 6.28. The second-order valence-corrected chi connectivity index (χ2v) is 4.59. The van der Waals surface area contributed by atoms with Gasteiger partial charge in [-0.05, 0) is 36.6 Å². The Kier molecular flexibility index (Phi) is 2.95. The van der Waals surface area contributed by atoms with Gasteiger partial charge in [0, 0.05) is 25.0 Å². The minimum Gasteiger partial charge on any atom is -0.493 e. The summed E-state index contributed by atoms with van der Waals surface area (Å²) in [5, 5.41) is 2.79. The molecule has 1 aromatic heterocycles. The van der Waals surface area contributed by atoms with Gasteiger partial charge in [0.15, 0.2) is 0 Å². The highest BCUT2D eigenvalue weighted by atomic mass is 16.5. The number of hydrogen-bond donors (Lipinski definition) is 1. The van der Waals surface area contributed by atoms with Gasteiger partial charge < -0.3 is 9.30 Å². The Morgan fingerprint density at radius 2 is 2.37 bits per heavy atom. The molecule has 0 fully saturated rings. The van der Waals surface area contributed by atoms with Gasteiger partial charge in [-0.2, -0.15) is 0 Å². The van der Waals surface area contributed by atoms with E-state index in [2.05, 4.69) is 10.3 Å². The molecule has 2 aromatic rings. The van der Waals surface area contributed by atoms with E-state index < -0.39 is 0 Å². The van der Waals surface area contributed by atoms with Crippen LogP contribution in [0.15, 0.2) is 30.6 Å². The number of ether oxygens (including phenoxy) is 1. The first-order valence-electron chi connectivity index (χ1n) is 6.28. The van der Waals surface area contributed by atoms with Crippen LogP contribution in [0.4, 0.5) is 5.95 Å². The number of aromatic nitrogens is 2. The Bertz CT molecular complexity index is 619. The highest BCUT2D eigenvalue weighted by Crippen LogP contribution is 2.25. The summed E-state index contributed by atoms with van der Waals surface area (Å²) in [7, 11) is 1.84. The van der Waals surface area contributed by atoms with Crippen LogP contribution in [0.25, 0.3) is 0 Å². The quantitative estimate of drug-likeness (QED) is 0.895. The standard InChI is InChI=1S/C14H15N3O2/c1-17-7-6-15-14(17)16-13(18)11-4-5-12-10(9-11)3-2-8-19-12/h4-7,9H,2-3,8H2,1H3,(H,15,16,18). The number of aryl methyl sites for hydroxylation is 2. The molecule has 19 heavy (non-hydrogen) atoms. The predicted octanol–water partition coefficient (Wildman–Crippen LogP) is 2.00. The number of nitrogens with one attached hydrogen (secondary N) is 1. The van der Waals surface area contributed by atoms with Crippen molar-refractivity contribution in [3.63, 3.8) is 0 Å². The van der Waals surface area contributed by atoms with Crippen LogP contribution in [0.1, 0.15) is 22.3 Å². The summed E-state index contributed by atoms with van der Waals surface area (Å²) in [5.41, 5.74) is 1.73. The zero-order valence-corrected chi connectivity index (χ0v) is 10.7. The summed E-state index contributed by atoms with van der Waals surface area (Å²) < 4.78 is 7.30. The van der Waals surface area contributed by atoms with Gasteiger partial charge in [-0.1, -0.05) is 0 Å². The minimum atomic E-state index is -0.150. The highest BCUT2D eigenvalue weighted by Gasteiger charge is 2.14. The summed E-state index contributed by atoms with van der Waals surface area (Å²) in [5.74, 6) is 1.28. The van der Waals surface area contributed by atoms with Crippen molar-refractivity contribution in [1.29, 1.82) is 0 Å². The molecule has 0 radical (unpaired) electrons. The van der Waals surface area contributed by atoms with E-state index >= 15 is 0 Å². The molecule has 0 saturated heterocycles. The van der Waals surface area contributed by atoms with Crippen molar-refractivity contribution in [2.24, 2.45) is 7.05 Å². The average molecular weight is 257 g/mol. The molecular weight excluding hydrogens is 242 g/mol. The lowest BCUT2D eigenvalue weighted by molar-refractivity contribution is 0.102. The van der Waals surface area contributed by atoms with Crippen molar-refractivity contribution in [2.45, 2.75) is 12.8 Å². The summed E-state index contributed by atoms with van der Waals surface area (Å²) in [6, 6.07) is 5.54. The molecule has 2 heterocycles. The predicted molar refractivity (Wildman–Crippen MR) is 71.4 cm³/mol. The molecule has 98 valence electrons. The summed E-state index contributed by atoms with van der Waals surface area (Å²) >= 11 is 0. The van der Waals surface area contributed by atoms with E-state index in [4.69, 9.17) is 4.74 Å². The van der Waals surface area contributed by atoms with Crippen molar-refractivity contribution >= 4 is 11.9 Å². The maximum Gasteiger partial charge on any atom is 0.257 e. The van der Waals surface area contributed by atoms with Gasteiger partial charge in [-0.15, -0.1) is 0 Å². The molecule has 3 rings (SSSR count). The first-order chi connectivity index (χ1) is 9.24. The molecule has 1 aliphatic rings. The second-order valence-electron chi connectivity index (χ2n) is 4.59. The molecule has 1 N–H and O–H groups in total. The number of benzene rings is 1. The van der Waals surface area contributed by atoms with Gasteiger partial charge in [0.05, 0.1) is 6.61 Å². The fourth-order valence-corrected chi connectivity index (χ4v) is 2.16. The van der Waals surface area contributed by atoms with Gasteiger partial charge in [0.1, 0.15) is 5.75 Å². The van der Waals surface area contributed by atoms with Crippen LogP contribution in [0.3, 0.4) is 0 Å². The maximum absolute atomic E-state index is 12.1. The van der Waals surface area contributed by atoms with E-state index in [1.54, 1.807) is 23.0 Å². The van der Waals surface area contributed by atoms with E-state index in [9.17, 15) is 4.79 Å². The molecule has 0 spiro atoms. The lowest BCUT2D eigenvalue weighted by Gasteiger charge is -2.17.